The summed E-state index contributed by atoms with van der Waals surface area (Å²) in [6.45, 7) is 8.76. The molecule has 2 aromatic carbocycles. The first kappa shape index (κ1) is 28.1. The quantitative estimate of drug-likeness (QED) is 0.294. The van der Waals surface area contributed by atoms with Crippen LogP contribution in [0.4, 0.5) is 5.95 Å². The maximum atomic E-state index is 13.0. The average Bonchev–Trinajstić information content (AvgIpc) is 3.31. The zero-order valence-electron chi connectivity index (χ0n) is 22.3. The Morgan fingerprint density at radius 3 is 2.38 bits per heavy atom. The van der Waals surface area contributed by atoms with E-state index in [9.17, 15) is 13.2 Å². The number of aromatic nitrogens is 4. The zero-order valence-corrected chi connectivity index (χ0v) is 23.8. The van der Waals surface area contributed by atoms with Crippen molar-refractivity contribution in [2.75, 3.05) is 17.8 Å². The number of hydrogen-bond acceptors (Lipinski definition) is 7. The van der Waals surface area contributed by atoms with Crippen LogP contribution in [0, 0.1) is 13.8 Å². The maximum absolute atomic E-state index is 13.0. The van der Waals surface area contributed by atoms with Crippen molar-refractivity contribution in [3.63, 3.8) is 0 Å². The van der Waals surface area contributed by atoms with E-state index >= 15 is 0 Å². The minimum Gasteiger partial charge on any atom is -0.439 e. The van der Waals surface area contributed by atoms with Gasteiger partial charge in [0.25, 0.3) is 15.9 Å². The van der Waals surface area contributed by atoms with Gasteiger partial charge >= 0.3 is 0 Å². The van der Waals surface area contributed by atoms with Gasteiger partial charge in [0.15, 0.2) is 0 Å². The summed E-state index contributed by atoms with van der Waals surface area (Å²) in [4.78, 5) is 23.4. The van der Waals surface area contributed by atoms with E-state index in [1.165, 1.54) is 17.1 Å². The van der Waals surface area contributed by atoms with Crippen molar-refractivity contribution in [2.45, 2.75) is 32.6 Å². The Morgan fingerprint density at radius 1 is 1.08 bits per heavy atom. The molecule has 0 fully saturated rings. The lowest BCUT2D eigenvalue weighted by molar-refractivity contribution is 0.0772. The van der Waals surface area contributed by atoms with Crippen molar-refractivity contribution in [3.8, 4) is 22.9 Å². The lowest BCUT2D eigenvalue weighted by atomic mass is 10.00. The third-order valence-electron chi connectivity index (χ3n) is 6.05. The van der Waals surface area contributed by atoms with Crippen molar-refractivity contribution in [2.24, 2.45) is 7.05 Å². The minimum absolute atomic E-state index is 0.0389. The molecule has 2 aromatic heterocycles. The van der Waals surface area contributed by atoms with E-state index in [0.717, 1.165) is 16.7 Å². The van der Waals surface area contributed by atoms with Gasteiger partial charge in [0, 0.05) is 48.5 Å². The number of carbonyl (C=O) groups is 1. The third-order valence-corrected chi connectivity index (χ3v) is 7.55. The van der Waals surface area contributed by atoms with Crippen LogP contribution in [0.5, 0.6) is 11.6 Å². The molecular formula is C27H29ClN6O4S. The molecule has 0 atom stereocenters. The van der Waals surface area contributed by atoms with Crippen LogP contribution in [0.2, 0.25) is 5.02 Å². The van der Waals surface area contributed by atoms with Gasteiger partial charge in [0.1, 0.15) is 10.6 Å². The van der Waals surface area contributed by atoms with Crippen LogP contribution in [0.3, 0.4) is 0 Å². The lowest BCUT2D eigenvalue weighted by Gasteiger charge is -2.19. The second-order valence-electron chi connectivity index (χ2n) is 8.89. The Balaban J connectivity index is 1.78. The number of ether oxygens (including phenoxy) is 1. The monoisotopic (exact) mass is 568 g/mol. The molecule has 2 heterocycles. The van der Waals surface area contributed by atoms with Crippen molar-refractivity contribution < 1.29 is 17.9 Å². The van der Waals surface area contributed by atoms with Gasteiger partial charge in [0.05, 0.1) is 11.9 Å². The highest BCUT2D eigenvalue weighted by molar-refractivity contribution is 7.92. The third kappa shape index (κ3) is 6.37. The second kappa shape index (κ2) is 11.4. The van der Waals surface area contributed by atoms with Crippen LogP contribution in [0.25, 0.3) is 11.3 Å². The molecule has 0 saturated carbocycles. The van der Waals surface area contributed by atoms with E-state index in [1.807, 2.05) is 45.9 Å². The van der Waals surface area contributed by atoms with Crippen LogP contribution in [-0.4, -0.2) is 52.1 Å². The van der Waals surface area contributed by atoms with Crippen molar-refractivity contribution >= 4 is 33.5 Å². The van der Waals surface area contributed by atoms with E-state index in [-0.39, 0.29) is 28.4 Å². The number of nitrogens with one attached hydrogen (secondary N) is 1. The van der Waals surface area contributed by atoms with Crippen molar-refractivity contribution in [3.05, 3.63) is 76.6 Å². The Kier molecular flexibility index (Phi) is 8.22. The molecule has 0 unspecified atom stereocenters. The highest BCUT2D eigenvalue weighted by Gasteiger charge is 2.21. The fourth-order valence-corrected chi connectivity index (χ4v) is 5.30. The second-order valence-corrected chi connectivity index (χ2v) is 11.0. The molecule has 1 N–H and O–H groups in total. The number of benzene rings is 2. The minimum atomic E-state index is -4.03. The summed E-state index contributed by atoms with van der Waals surface area (Å²) < 4.78 is 35.9. The number of halogens is 1. The van der Waals surface area contributed by atoms with Gasteiger partial charge in [-0.2, -0.15) is 10.1 Å². The molecule has 39 heavy (non-hydrogen) atoms. The summed E-state index contributed by atoms with van der Waals surface area (Å²) in [6.07, 6.45) is 2.60. The van der Waals surface area contributed by atoms with Gasteiger partial charge in [-0.25, -0.2) is 18.1 Å². The van der Waals surface area contributed by atoms with Gasteiger partial charge in [-0.3, -0.25) is 9.48 Å². The summed E-state index contributed by atoms with van der Waals surface area (Å²) in [5.41, 5.74) is 3.52. The Labute approximate surface area is 232 Å². The van der Waals surface area contributed by atoms with Crippen LogP contribution >= 0.6 is 11.6 Å². The fraction of sp³-hybridized carbons (Fsp3) is 0.259. The molecule has 204 valence electrons. The Bertz CT molecular complexity index is 1610. The molecule has 0 aliphatic carbocycles. The molecule has 0 aliphatic heterocycles. The number of sulfonamides is 1. The largest absolute Gasteiger partial charge is 0.439 e. The fourth-order valence-electron chi connectivity index (χ4n) is 4.15. The summed E-state index contributed by atoms with van der Waals surface area (Å²) in [7, 11) is -2.41. The van der Waals surface area contributed by atoms with Crippen LogP contribution in [-0.2, 0) is 17.1 Å². The Hall–Kier alpha value is -3.96. The first-order valence-electron chi connectivity index (χ1n) is 12.3. The number of carbonyl (C=O) groups excluding carboxylic acids is 1. The molecule has 12 heteroatoms. The molecular weight excluding hydrogens is 540 g/mol. The summed E-state index contributed by atoms with van der Waals surface area (Å²) in [5, 5.41) is 4.24. The summed E-state index contributed by atoms with van der Waals surface area (Å²) in [6, 6.07) is 12.1. The summed E-state index contributed by atoms with van der Waals surface area (Å²) >= 11 is 6.33. The Morgan fingerprint density at radius 2 is 1.77 bits per heavy atom. The number of rotatable bonds is 9. The predicted molar refractivity (Wildman–Crippen MR) is 150 cm³/mol. The predicted octanol–water partition coefficient (Wildman–Crippen LogP) is 5.22. The van der Waals surface area contributed by atoms with Crippen molar-refractivity contribution in [1.82, 2.24) is 24.6 Å². The van der Waals surface area contributed by atoms with E-state index in [0.29, 0.717) is 29.4 Å². The molecule has 4 rings (SSSR count). The number of aryl methyl sites for hydroxylation is 3. The molecule has 0 spiro atoms. The number of hydrogen-bond donors (Lipinski definition) is 1. The van der Waals surface area contributed by atoms with Crippen LogP contribution in [0.15, 0.2) is 59.8 Å². The van der Waals surface area contributed by atoms with E-state index in [2.05, 4.69) is 19.8 Å². The highest BCUT2D eigenvalue weighted by Crippen LogP contribution is 2.32. The number of nitrogens with zero attached hydrogens (tertiary/aromatic N) is 5. The molecule has 0 aliphatic rings. The lowest BCUT2D eigenvalue weighted by Crippen LogP contribution is -2.30. The normalized spacial score (nSPS) is 11.3. The molecule has 10 nitrogen and oxygen atoms in total. The first-order valence-corrected chi connectivity index (χ1v) is 14.1. The molecule has 1 amide bonds. The zero-order chi connectivity index (χ0) is 28.3. The van der Waals surface area contributed by atoms with Gasteiger partial charge in [0.2, 0.25) is 11.8 Å². The first-order chi connectivity index (χ1) is 18.5. The smallest absolute Gasteiger partial charge is 0.267 e. The van der Waals surface area contributed by atoms with Gasteiger partial charge in [-0.15, -0.1) is 0 Å². The van der Waals surface area contributed by atoms with Gasteiger partial charge < -0.3 is 9.64 Å². The molecule has 0 bridgehead atoms. The molecule has 0 radical (unpaired) electrons. The van der Waals surface area contributed by atoms with Gasteiger partial charge in [-0.05, 0) is 57.0 Å². The van der Waals surface area contributed by atoms with E-state index in [1.54, 1.807) is 36.2 Å². The van der Waals surface area contributed by atoms with Crippen LogP contribution in [0.1, 0.15) is 35.3 Å². The average molecular weight is 569 g/mol. The molecule has 4 aromatic rings. The van der Waals surface area contributed by atoms with E-state index < -0.39 is 10.0 Å². The van der Waals surface area contributed by atoms with Crippen molar-refractivity contribution in [1.29, 1.82) is 0 Å². The maximum Gasteiger partial charge on any atom is 0.267 e. The van der Waals surface area contributed by atoms with Crippen LogP contribution < -0.4 is 9.46 Å². The highest BCUT2D eigenvalue weighted by atomic mass is 35.5. The SMILES string of the molecule is CCN(CC)C(=O)c1cc(Cl)cc(Oc2cc(-c3c(C)cccc3C)nc(NS(=O)(=O)c3cnn(C)c3)n2)c1. The van der Waals surface area contributed by atoms with Gasteiger partial charge in [-0.1, -0.05) is 29.8 Å². The number of anilines is 1. The number of amides is 1. The summed E-state index contributed by atoms with van der Waals surface area (Å²) in [5.74, 6) is -0.0353. The molecule has 0 saturated heterocycles. The topological polar surface area (TPSA) is 119 Å². The standard InChI is InChI=1S/C27H29ClN6O4S/c1-6-34(7-2)26(35)19-11-20(28)13-21(12-19)38-24-14-23(25-17(3)9-8-10-18(25)4)30-27(31-24)32-39(36,37)22-15-29-33(5)16-22/h8-16H,6-7H2,1-5H3,(H,30,31,32). The van der Waals surface area contributed by atoms with E-state index in [4.69, 9.17) is 16.3 Å².